The molecule has 7 heteroatoms. The van der Waals surface area contributed by atoms with E-state index in [9.17, 15) is 14.9 Å². The Morgan fingerprint density at radius 1 is 1.40 bits per heavy atom. The number of ether oxygens (including phenoxy) is 2. The summed E-state index contributed by atoms with van der Waals surface area (Å²) in [5.41, 5.74) is 0.742. The van der Waals surface area contributed by atoms with Crippen molar-refractivity contribution in [2.75, 3.05) is 31.2 Å². The Labute approximate surface area is 147 Å². The smallest absolute Gasteiger partial charge is 0.338 e. The summed E-state index contributed by atoms with van der Waals surface area (Å²) >= 11 is 0. The van der Waals surface area contributed by atoms with Crippen molar-refractivity contribution >= 4 is 17.3 Å². The van der Waals surface area contributed by atoms with Crippen LogP contribution in [0.25, 0.3) is 0 Å². The minimum Gasteiger partial charge on any atom is -0.459 e. The third-order valence-electron chi connectivity index (χ3n) is 4.83. The van der Waals surface area contributed by atoms with Gasteiger partial charge in [-0.1, -0.05) is 6.92 Å². The molecule has 1 aromatic rings. The molecule has 2 aliphatic rings. The quantitative estimate of drug-likeness (QED) is 0.462. The Hall–Kier alpha value is -2.15. The van der Waals surface area contributed by atoms with Gasteiger partial charge < -0.3 is 14.4 Å². The molecule has 2 atom stereocenters. The van der Waals surface area contributed by atoms with Crippen LogP contribution in [0.5, 0.6) is 0 Å². The van der Waals surface area contributed by atoms with E-state index in [4.69, 9.17) is 9.47 Å². The van der Waals surface area contributed by atoms with Gasteiger partial charge in [0, 0.05) is 25.8 Å². The van der Waals surface area contributed by atoms with Crippen LogP contribution in [0.4, 0.5) is 11.4 Å². The normalized spacial score (nSPS) is 23.5. The van der Waals surface area contributed by atoms with Crippen molar-refractivity contribution in [1.29, 1.82) is 0 Å². The second-order valence-electron chi connectivity index (χ2n) is 6.89. The van der Waals surface area contributed by atoms with Crippen LogP contribution in [0.2, 0.25) is 0 Å². The highest BCUT2D eigenvalue weighted by Gasteiger charge is 2.26. The van der Waals surface area contributed by atoms with Gasteiger partial charge in [-0.15, -0.1) is 0 Å². The van der Waals surface area contributed by atoms with Crippen molar-refractivity contribution in [3.8, 4) is 0 Å². The molecular weight excluding hydrogens is 324 g/mol. The fourth-order valence-electron chi connectivity index (χ4n) is 3.50. The molecule has 7 nitrogen and oxygen atoms in total. The topological polar surface area (TPSA) is 81.9 Å². The van der Waals surface area contributed by atoms with Gasteiger partial charge in [-0.05, 0) is 43.7 Å². The second-order valence-corrected chi connectivity index (χ2v) is 6.89. The Morgan fingerprint density at radius 2 is 2.24 bits per heavy atom. The van der Waals surface area contributed by atoms with Gasteiger partial charge in [0.05, 0.1) is 16.6 Å². The molecule has 2 aliphatic heterocycles. The first kappa shape index (κ1) is 17.7. The summed E-state index contributed by atoms with van der Waals surface area (Å²) in [7, 11) is 0. The summed E-state index contributed by atoms with van der Waals surface area (Å²) in [6.45, 7) is 4.63. The molecule has 0 amide bonds. The standard InChI is InChI=1S/C18H24N2O5/c1-13-4-2-8-19(11-13)16-7-6-14(10-17(16)20(22)23)18(21)25-12-15-5-3-9-24-15/h6-7,10,13,15H,2-5,8-9,11-12H2,1H3/t13-,15+/m0/s1. The summed E-state index contributed by atoms with van der Waals surface area (Å²) in [5.74, 6) is -0.0402. The number of carbonyl (C=O) groups excluding carboxylic acids is 1. The van der Waals surface area contributed by atoms with Crippen LogP contribution in [-0.4, -0.2) is 43.3 Å². The zero-order valence-electron chi connectivity index (χ0n) is 14.5. The zero-order valence-corrected chi connectivity index (χ0v) is 14.5. The molecule has 0 aliphatic carbocycles. The summed E-state index contributed by atoms with van der Waals surface area (Å²) in [4.78, 5) is 25.3. The molecule has 0 aromatic heterocycles. The third kappa shape index (κ3) is 4.28. The number of piperidine rings is 1. The first-order chi connectivity index (χ1) is 12.0. The van der Waals surface area contributed by atoms with E-state index < -0.39 is 10.9 Å². The predicted molar refractivity (Wildman–Crippen MR) is 93.0 cm³/mol. The molecule has 0 radical (unpaired) electrons. The highest BCUT2D eigenvalue weighted by atomic mass is 16.6. The Morgan fingerprint density at radius 3 is 2.92 bits per heavy atom. The number of nitro groups is 1. The molecule has 2 fully saturated rings. The minimum atomic E-state index is -0.544. The van der Waals surface area contributed by atoms with Gasteiger partial charge >= 0.3 is 5.97 Å². The van der Waals surface area contributed by atoms with Crippen LogP contribution in [0.3, 0.4) is 0 Å². The second kappa shape index (κ2) is 7.82. The monoisotopic (exact) mass is 348 g/mol. The lowest BCUT2D eigenvalue weighted by atomic mass is 9.99. The van der Waals surface area contributed by atoms with E-state index in [1.54, 1.807) is 12.1 Å². The third-order valence-corrected chi connectivity index (χ3v) is 4.83. The fraction of sp³-hybridized carbons (Fsp3) is 0.611. The van der Waals surface area contributed by atoms with Gasteiger partial charge in [0.2, 0.25) is 0 Å². The number of esters is 1. The maximum Gasteiger partial charge on any atom is 0.338 e. The molecule has 1 aromatic carbocycles. The number of anilines is 1. The van der Waals surface area contributed by atoms with Gasteiger partial charge in [-0.25, -0.2) is 4.79 Å². The molecule has 2 heterocycles. The predicted octanol–water partition coefficient (Wildman–Crippen LogP) is 3.17. The summed E-state index contributed by atoms with van der Waals surface area (Å²) in [6.07, 6.45) is 3.94. The van der Waals surface area contributed by atoms with Crippen LogP contribution in [0.1, 0.15) is 43.0 Å². The molecule has 0 unspecified atom stereocenters. The number of hydrogen-bond donors (Lipinski definition) is 0. The number of hydrogen-bond acceptors (Lipinski definition) is 6. The van der Waals surface area contributed by atoms with E-state index in [0.29, 0.717) is 18.2 Å². The van der Waals surface area contributed by atoms with Crippen LogP contribution in [-0.2, 0) is 9.47 Å². The average molecular weight is 348 g/mol. The Balaban J connectivity index is 1.73. The largest absolute Gasteiger partial charge is 0.459 e. The lowest BCUT2D eigenvalue weighted by Crippen LogP contribution is -2.34. The lowest BCUT2D eigenvalue weighted by Gasteiger charge is -2.32. The highest BCUT2D eigenvalue weighted by molar-refractivity contribution is 5.91. The van der Waals surface area contributed by atoms with Crippen LogP contribution >= 0.6 is 0 Å². The minimum absolute atomic E-state index is 0.0410. The zero-order chi connectivity index (χ0) is 17.8. The van der Waals surface area contributed by atoms with Crippen LogP contribution < -0.4 is 4.90 Å². The fourth-order valence-corrected chi connectivity index (χ4v) is 3.50. The van der Waals surface area contributed by atoms with E-state index in [1.165, 1.54) is 6.07 Å². The summed E-state index contributed by atoms with van der Waals surface area (Å²) in [5, 5.41) is 11.5. The molecule has 2 saturated heterocycles. The molecule has 0 saturated carbocycles. The SMILES string of the molecule is C[C@H]1CCCN(c2ccc(C(=O)OC[C@H]3CCCO3)cc2[N+](=O)[O-])C1. The Kier molecular flexibility index (Phi) is 5.53. The molecule has 3 rings (SSSR count). The maximum absolute atomic E-state index is 12.2. The first-order valence-corrected chi connectivity index (χ1v) is 8.86. The number of rotatable bonds is 5. The number of nitro benzene ring substituents is 1. The lowest BCUT2D eigenvalue weighted by molar-refractivity contribution is -0.384. The van der Waals surface area contributed by atoms with E-state index >= 15 is 0 Å². The van der Waals surface area contributed by atoms with E-state index in [-0.39, 0.29) is 24.0 Å². The molecule has 136 valence electrons. The van der Waals surface area contributed by atoms with Gasteiger partial charge in [-0.3, -0.25) is 10.1 Å². The van der Waals surface area contributed by atoms with E-state index in [1.807, 2.05) is 4.90 Å². The molecular formula is C18H24N2O5. The van der Waals surface area contributed by atoms with Crippen molar-refractivity contribution in [2.45, 2.75) is 38.7 Å². The van der Waals surface area contributed by atoms with Gasteiger partial charge in [0.1, 0.15) is 12.3 Å². The van der Waals surface area contributed by atoms with Crippen LogP contribution in [0, 0.1) is 16.0 Å². The number of carbonyl (C=O) groups is 1. The summed E-state index contributed by atoms with van der Waals surface area (Å²) in [6, 6.07) is 4.60. The van der Waals surface area contributed by atoms with Crippen molar-refractivity contribution in [3.63, 3.8) is 0 Å². The van der Waals surface area contributed by atoms with Crippen molar-refractivity contribution in [2.24, 2.45) is 5.92 Å². The highest BCUT2D eigenvalue weighted by Crippen LogP contribution is 2.32. The molecule has 0 spiro atoms. The first-order valence-electron chi connectivity index (χ1n) is 8.86. The average Bonchev–Trinajstić information content (AvgIpc) is 3.12. The van der Waals surface area contributed by atoms with Crippen LogP contribution in [0.15, 0.2) is 18.2 Å². The molecule has 0 bridgehead atoms. The maximum atomic E-state index is 12.2. The van der Waals surface area contributed by atoms with E-state index in [0.717, 1.165) is 38.8 Å². The number of nitrogens with zero attached hydrogens (tertiary/aromatic N) is 2. The number of benzene rings is 1. The van der Waals surface area contributed by atoms with Gasteiger partial charge in [0.15, 0.2) is 0 Å². The molecule has 0 N–H and O–H groups in total. The molecule has 25 heavy (non-hydrogen) atoms. The summed E-state index contributed by atoms with van der Waals surface area (Å²) < 4.78 is 10.7. The van der Waals surface area contributed by atoms with Crippen molar-refractivity contribution in [1.82, 2.24) is 0 Å². The van der Waals surface area contributed by atoms with Gasteiger partial charge in [0.25, 0.3) is 5.69 Å². The van der Waals surface area contributed by atoms with Crippen molar-refractivity contribution in [3.05, 3.63) is 33.9 Å². The van der Waals surface area contributed by atoms with Crippen molar-refractivity contribution < 1.29 is 19.2 Å². The van der Waals surface area contributed by atoms with Gasteiger partial charge in [-0.2, -0.15) is 0 Å². The van der Waals surface area contributed by atoms with E-state index in [2.05, 4.69) is 6.92 Å². The Bertz CT molecular complexity index is 642.